The maximum absolute atomic E-state index is 12.8. The minimum Gasteiger partial charge on any atom is -0.506 e. The van der Waals surface area contributed by atoms with E-state index in [2.05, 4.69) is 4.98 Å². The fourth-order valence-corrected chi connectivity index (χ4v) is 4.18. The summed E-state index contributed by atoms with van der Waals surface area (Å²) in [5, 5.41) is 11.0. The highest BCUT2D eigenvalue weighted by Gasteiger charge is 2.26. The third-order valence-electron chi connectivity index (χ3n) is 5.71. The van der Waals surface area contributed by atoms with Gasteiger partial charge in [0.15, 0.2) is 5.82 Å². The Kier molecular flexibility index (Phi) is 4.04. The SMILES string of the molecule is Cn1c(-c2cc3cccc(O)c3[nH]2)nc2cc3c(cc21)CCN(CCCF)C3=O. The van der Waals surface area contributed by atoms with E-state index in [9.17, 15) is 14.3 Å². The number of hydrogen-bond donors (Lipinski definition) is 2. The second-order valence-electron chi connectivity index (χ2n) is 7.50. The molecule has 29 heavy (non-hydrogen) atoms. The average Bonchev–Trinajstić information content (AvgIpc) is 3.29. The largest absolute Gasteiger partial charge is 0.506 e. The van der Waals surface area contributed by atoms with Gasteiger partial charge in [0.1, 0.15) is 5.75 Å². The lowest BCUT2D eigenvalue weighted by Gasteiger charge is -2.28. The topological polar surface area (TPSA) is 74.2 Å². The van der Waals surface area contributed by atoms with Crippen LogP contribution in [-0.2, 0) is 13.5 Å². The molecule has 0 radical (unpaired) electrons. The monoisotopic (exact) mass is 392 g/mol. The molecule has 0 atom stereocenters. The van der Waals surface area contributed by atoms with Crippen LogP contribution in [0.3, 0.4) is 0 Å². The maximum atomic E-state index is 12.8. The highest BCUT2D eigenvalue weighted by atomic mass is 19.1. The predicted molar refractivity (Wildman–Crippen MR) is 110 cm³/mol. The number of benzene rings is 2. The first-order valence-corrected chi connectivity index (χ1v) is 9.72. The molecule has 0 aliphatic carbocycles. The molecule has 148 valence electrons. The molecule has 7 heteroatoms. The molecule has 6 nitrogen and oxygen atoms in total. The van der Waals surface area contributed by atoms with Gasteiger partial charge in [0.25, 0.3) is 5.91 Å². The van der Waals surface area contributed by atoms with Crippen LogP contribution < -0.4 is 0 Å². The van der Waals surface area contributed by atoms with E-state index in [0.29, 0.717) is 30.6 Å². The van der Waals surface area contributed by atoms with Crippen molar-refractivity contribution in [1.82, 2.24) is 19.4 Å². The number of H-pyrrole nitrogens is 1. The number of aromatic nitrogens is 3. The second kappa shape index (κ2) is 6.62. The van der Waals surface area contributed by atoms with Gasteiger partial charge in [-0.25, -0.2) is 4.98 Å². The number of phenols is 1. The summed E-state index contributed by atoms with van der Waals surface area (Å²) in [6.45, 7) is 0.640. The van der Waals surface area contributed by atoms with E-state index in [1.807, 2.05) is 35.9 Å². The lowest BCUT2D eigenvalue weighted by atomic mass is 9.98. The Morgan fingerprint density at radius 1 is 1.28 bits per heavy atom. The minimum atomic E-state index is -0.417. The van der Waals surface area contributed by atoms with Crippen molar-refractivity contribution in [2.45, 2.75) is 12.8 Å². The van der Waals surface area contributed by atoms with E-state index in [-0.39, 0.29) is 11.7 Å². The van der Waals surface area contributed by atoms with Crippen molar-refractivity contribution < 1.29 is 14.3 Å². The van der Waals surface area contributed by atoms with Crippen LogP contribution in [0.15, 0.2) is 36.4 Å². The molecule has 1 aliphatic heterocycles. The molecule has 0 saturated carbocycles. The fraction of sp³-hybridized carbons (Fsp3) is 0.273. The van der Waals surface area contributed by atoms with E-state index in [0.717, 1.165) is 39.9 Å². The summed E-state index contributed by atoms with van der Waals surface area (Å²) in [6.07, 6.45) is 1.12. The number of aryl methyl sites for hydroxylation is 1. The molecule has 2 aromatic heterocycles. The van der Waals surface area contributed by atoms with Crippen LogP contribution in [0.2, 0.25) is 0 Å². The molecule has 0 bridgehead atoms. The van der Waals surface area contributed by atoms with Crippen LogP contribution in [0.4, 0.5) is 4.39 Å². The molecule has 3 heterocycles. The zero-order chi connectivity index (χ0) is 20.1. The van der Waals surface area contributed by atoms with Gasteiger partial charge in [-0.3, -0.25) is 9.18 Å². The molecular weight excluding hydrogens is 371 g/mol. The summed E-state index contributed by atoms with van der Waals surface area (Å²) >= 11 is 0. The highest BCUT2D eigenvalue weighted by molar-refractivity contribution is 6.00. The number of fused-ring (bicyclic) bond motifs is 3. The van der Waals surface area contributed by atoms with E-state index in [4.69, 9.17) is 4.98 Å². The maximum Gasteiger partial charge on any atom is 0.254 e. The molecular formula is C22H21FN4O2. The van der Waals surface area contributed by atoms with Gasteiger partial charge in [-0.2, -0.15) is 0 Å². The molecule has 1 amide bonds. The van der Waals surface area contributed by atoms with Gasteiger partial charge in [0.05, 0.1) is 28.9 Å². The number of phenolic OH excluding ortho intramolecular Hbond substituents is 1. The first-order valence-electron chi connectivity index (χ1n) is 9.72. The normalized spacial score (nSPS) is 14.1. The van der Waals surface area contributed by atoms with Crippen molar-refractivity contribution in [2.24, 2.45) is 7.05 Å². The number of alkyl halides is 1. The molecule has 2 N–H and O–H groups in total. The van der Waals surface area contributed by atoms with Gasteiger partial charge in [0.2, 0.25) is 0 Å². The molecule has 0 fully saturated rings. The van der Waals surface area contributed by atoms with Crippen molar-refractivity contribution in [3.63, 3.8) is 0 Å². The Hall–Kier alpha value is -3.35. The minimum absolute atomic E-state index is 0.0515. The van der Waals surface area contributed by atoms with Crippen LogP contribution in [0.5, 0.6) is 5.75 Å². The summed E-state index contributed by atoms with van der Waals surface area (Å²) in [6, 6.07) is 11.2. The van der Waals surface area contributed by atoms with Crippen molar-refractivity contribution in [3.8, 4) is 17.3 Å². The van der Waals surface area contributed by atoms with Crippen molar-refractivity contribution >= 4 is 27.8 Å². The Labute approximate surface area is 166 Å². The first kappa shape index (κ1) is 17.7. The molecule has 0 unspecified atom stereocenters. The molecule has 2 aromatic carbocycles. The summed E-state index contributed by atoms with van der Waals surface area (Å²) in [5.41, 5.74) is 4.82. The Balaban J connectivity index is 1.60. The smallest absolute Gasteiger partial charge is 0.254 e. The van der Waals surface area contributed by atoms with E-state index < -0.39 is 6.67 Å². The molecule has 5 rings (SSSR count). The van der Waals surface area contributed by atoms with E-state index >= 15 is 0 Å². The summed E-state index contributed by atoms with van der Waals surface area (Å²) in [5.74, 6) is 0.881. The van der Waals surface area contributed by atoms with Crippen LogP contribution in [0.25, 0.3) is 33.5 Å². The number of para-hydroxylation sites is 1. The van der Waals surface area contributed by atoms with Crippen LogP contribution in [0.1, 0.15) is 22.3 Å². The molecule has 0 spiro atoms. The van der Waals surface area contributed by atoms with Crippen LogP contribution in [-0.4, -0.2) is 50.2 Å². The summed E-state index contributed by atoms with van der Waals surface area (Å²) < 4.78 is 14.5. The lowest BCUT2D eigenvalue weighted by Crippen LogP contribution is -2.38. The molecule has 4 aromatic rings. The summed E-state index contributed by atoms with van der Waals surface area (Å²) in [7, 11) is 1.95. The molecule has 1 aliphatic rings. The van der Waals surface area contributed by atoms with Crippen molar-refractivity contribution in [2.75, 3.05) is 19.8 Å². The number of halogens is 1. The molecule has 0 saturated heterocycles. The standard InChI is InChI=1S/C22H21FN4O2/c1-26-18-11-13-6-9-27(8-3-7-23)22(29)15(13)12-16(18)25-21(26)17-10-14-4-2-5-19(28)20(14)24-17/h2,4-5,10-12,24,28H,3,6-9H2,1H3. The number of nitrogens with one attached hydrogen (secondary N) is 1. The fourth-order valence-electron chi connectivity index (χ4n) is 4.18. The Morgan fingerprint density at radius 2 is 2.14 bits per heavy atom. The number of hydrogen-bond acceptors (Lipinski definition) is 3. The van der Waals surface area contributed by atoms with Crippen LogP contribution >= 0.6 is 0 Å². The zero-order valence-electron chi connectivity index (χ0n) is 16.1. The van der Waals surface area contributed by atoms with Gasteiger partial charge in [0, 0.05) is 31.1 Å². The van der Waals surface area contributed by atoms with Crippen molar-refractivity contribution in [3.05, 3.63) is 47.5 Å². The summed E-state index contributed by atoms with van der Waals surface area (Å²) in [4.78, 5) is 22.5. The third-order valence-corrected chi connectivity index (χ3v) is 5.71. The number of carbonyl (C=O) groups is 1. The third kappa shape index (κ3) is 2.76. The van der Waals surface area contributed by atoms with Gasteiger partial charge in [-0.15, -0.1) is 0 Å². The number of aromatic amines is 1. The Morgan fingerprint density at radius 3 is 2.93 bits per heavy atom. The first-order chi connectivity index (χ1) is 14.1. The number of rotatable bonds is 4. The van der Waals surface area contributed by atoms with Gasteiger partial charge >= 0.3 is 0 Å². The van der Waals surface area contributed by atoms with Gasteiger partial charge in [-0.05, 0) is 42.7 Å². The second-order valence-corrected chi connectivity index (χ2v) is 7.50. The Bertz CT molecular complexity index is 1260. The lowest BCUT2D eigenvalue weighted by molar-refractivity contribution is 0.0735. The van der Waals surface area contributed by atoms with Gasteiger partial charge < -0.3 is 19.6 Å². The van der Waals surface area contributed by atoms with E-state index in [1.165, 1.54) is 0 Å². The number of nitrogens with zero attached hydrogens (tertiary/aromatic N) is 3. The number of amides is 1. The quantitative estimate of drug-likeness (QED) is 0.555. The number of imidazole rings is 1. The van der Waals surface area contributed by atoms with Crippen molar-refractivity contribution in [1.29, 1.82) is 0 Å². The van der Waals surface area contributed by atoms with Gasteiger partial charge in [-0.1, -0.05) is 12.1 Å². The van der Waals surface area contributed by atoms with E-state index in [1.54, 1.807) is 17.0 Å². The average molecular weight is 392 g/mol. The number of aromatic hydroxyl groups is 1. The zero-order valence-corrected chi connectivity index (χ0v) is 16.1. The van der Waals surface area contributed by atoms with Crippen LogP contribution in [0, 0.1) is 0 Å². The number of carbonyl (C=O) groups excluding carboxylic acids is 1. The highest BCUT2D eigenvalue weighted by Crippen LogP contribution is 2.32. The predicted octanol–water partition coefficient (Wildman–Crippen LogP) is 3.79.